The van der Waals surface area contributed by atoms with E-state index in [2.05, 4.69) is 5.32 Å². The number of hydrogen-bond donors (Lipinski definition) is 4. The van der Waals surface area contributed by atoms with Gasteiger partial charge in [-0.3, -0.25) is 9.59 Å². The summed E-state index contributed by atoms with van der Waals surface area (Å²) in [5.74, 6) is -1.67. The summed E-state index contributed by atoms with van der Waals surface area (Å²) in [6.07, 6.45) is -0.416. The molecule has 0 aromatic heterocycles. The van der Waals surface area contributed by atoms with Gasteiger partial charge in [0.15, 0.2) is 0 Å². The third-order valence-corrected chi connectivity index (χ3v) is 2.14. The molecule has 1 aromatic rings. The standard InChI is InChI=1S/C11H14N2O4/c12-9(5-10(15)16)11(17)13-8-3-1-7(6-14)2-4-8/h1-4,9,14H,5-6,12H2,(H,13,17)(H,15,16). The molecule has 1 rings (SSSR count). The summed E-state index contributed by atoms with van der Waals surface area (Å²) in [5.41, 5.74) is 6.62. The molecule has 0 aliphatic carbocycles. The Hall–Kier alpha value is -1.92. The number of carbonyl (C=O) groups is 2. The first-order valence-electron chi connectivity index (χ1n) is 5.01. The van der Waals surface area contributed by atoms with Crippen molar-refractivity contribution < 1.29 is 19.8 Å². The van der Waals surface area contributed by atoms with E-state index in [-0.39, 0.29) is 6.61 Å². The molecule has 0 bridgehead atoms. The Morgan fingerprint density at radius 3 is 2.35 bits per heavy atom. The maximum Gasteiger partial charge on any atom is 0.305 e. The molecule has 0 spiro atoms. The predicted octanol–water partition coefficient (Wildman–Crippen LogP) is -0.0806. The van der Waals surface area contributed by atoms with Crippen LogP contribution in [0.3, 0.4) is 0 Å². The Bertz CT molecular complexity index is 402. The van der Waals surface area contributed by atoms with Gasteiger partial charge in [-0.2, -0.15) is 0 Å². The van der Waals surface area contributed by atoms with Crippen molar-refractivity contribution in [2.45, 2.75) is 19.1 Å². The molecule has 92 valence electrons. The fourth-order valence-corrected chi connectivity index (χ4v) is 1.21. The molecule has 0 heterocycles. The second-order valence-electron chi connectivity index (χ2n) is 3.55. The average Bonchev–Trinajstić information content (AvgIpc) is 2.29. The summed E-state index contributed by atoms with van der Waals surface area (Å²) < 4.78 is 0. The van der Waals surface area contributed by atoms with Crippen LogP contribution >= 0.6 is 0 Å². The molecule has 6 nitrogen and oxygen atoms in total. The maximum atomic E-state index is 11.5. The summed E-state index contributed by atoms with van der Waals surface area (Å²) >= 11 is 0. The molecule has 5 N–H and O–H groups in total. The number of aliphatic carboxylic acids is 1. The van der Waals surface area contributed by atoms with Crippen molar-refractivity contribution in [2.24, 2.45) is 5.73 Å². The van der Waals surface area contributed by atoms with Crippen LogP contribution in [-0.2, 0) is 16.2 Å². The van der Waals surface area contributed by atoms with Crippen LogP contribution in [-0.4, -0.2) is 28.1 Å². The molecular weight excluding hydrogens is 224 g/mol. The fourth-order valence-electron chi connectivity index (χ4n) is 1.21. The number of aliphatic hydroxyl groups excluding tert-OH is 1. The summed E-state index contributed by atoms with van der Waals surface area (Å²) in [7, 11) is 0. The van der Waals surface area contributed by atoms with Crippen LogP contribution in [0, 0.1) is 0 Å². The zero-order valence-electron chi connectivity index (χ0n) is 9.09. The number of amides is 1. The Morgan fingerprint density at radius 2 is 1.88 bits per heavy atom. The second kappa shape index (κ2) is 5.97. The topological polar surface area (TPSA) is 113 Å². The lowest BCUT2D eigenvalue weighted by Gasteiger charge is -2.10. The molecule has 0 aliphatic rings. The Balaban J connectivity index is 2.58. The van der Waals surface area contributed by atoms with Gasteiger partial charge in [-0.25, -0.2) is 0 Å². The van der Waals surface area contributed by atoms with Crippen LogP contribution in [0.1, 0.15) is 12.0 Å². The van der Waals surface area contributed by atoms with E-state index in [1.807, 2.05) is 0 Å². The summed E-state index contributed by atoms with van der Waals surface area (Å²) in [6, 6.07) is 5.44. The number of hydrogen-bond acceptors (Lipinski definition) is 4. The molecule has 0 saturated carbocycles. The molecule has 17 heavy (non-hydrogen) atoms. The summed E-state index contributed by atoms with van der Waals surface area (Å²) in [4.78, 5) is 21.8. The van der Waals surface area contributed by atoms with E-state index in [0.717, 1.165) is 5.56 Å². The van der Waals surface area contributed by atoms with Gasteiger partial charge in [0, 0.05) is 5.69 Å². The monoisotopic (exact) mass is 238 g/mol. The molecule has 0 radical (unpaired) electrons. The normalized spacial score (nSPS) is 11.9. The minimum absolute atomic E-state index is 0.0766. The van der Waals surface area contributed by atoms with Gasteiger partial charge in [0.2, 0.25) is 5.91 Å². The minimum atomic E-state index is -1.12. The van der Waals surface area contributed by atoms with Crippen molar-refractivity contribution in [3.8, 4) is 0 Å². The van der Waals surface area contributed by atoms with Crippen LogP contribution in [0.5, 0.6) is 0 Å². The first kappa shape index (κ1) is 13.1. The number of nitrogens with one attached hydrogen (secondary N) is 1. The van der Waals surface area contributed by atoms with Crippen LogP contribution < -0.4 is 11.1 Å². The minimum Gasteiger partial charge on any atom is -0.481 e. The van der Waals surface area contributed by atoms with Crippen molar-refractivity contribution in [2.75, 3.05) is 5.32 Å². The Morgan fingerprint density at radius 1 is 1.29 bits per heavy atom. The van der Waals surface area contributed by atoms with Crippen molar-refractivity contribution in [1.82, 2.24) is 0 Å². The first-order chi connectivity index (χ1) is 8.02. The lowest BCUT2D eigenvalue weighted by Crippen LogP contribution is -2.37. The van der Waals surface area contributed by atoms with Crippen LogP contribution in [0.4, 0.5) is 5.69 Å². The van der Waals surface area contributed by atoms with Gasteiger partial charge in [0.05, 0.1) is 19.1 Å². The van der Waals surface area contributed by atoms with E-state index >= 15 is 0 Å². The third kappa shape index (κ3) is 4.21. The SMILES string of the molecule is NC(CC(=O)O)C(=O)Nc1ccc(CO)cc1. The number of carboxylic acid groups (broad SMARTS) is 1. The number of benzene rings is 1. The van der Waals surface area contributed by atoms with Crippen molar-refractivity contribution >= 4 is 17.6 Å². The Labute approximate surface area is 98.1 Å². The molecule has 0 saturated heterocycles. The highest BCUT2D eigenvalue weighted by molar-refractivity contribution is 5.96. The van der Waals surface area contributed by atoms with Gasteiger partial charge in [-0.1, -0.05) is 12.1 Å². The van der Waals surface area contributed by atoms with Gasteiger partial charge in [-0.15, -0.1) is 0 Å². The number of carbonyl (C=O) groups excluding carboxylic acids is 1. The fraction of sp³-hybridized carbons (Fsp3) is 0.273. The van der Waals surface area contributed by atoms with E-state index in [0.29, 0.717) is 5.69 Å². The van der Waals surface area contributed by atoms with Gasteiger partial charge in [0.1, 0.15) is 0 Å². The van der Waals surface area contributed by atoms with Crippen molar-refractivity contribution in [3.05, 3.63) is 29.8 Å². The molecule has 1 aromatic carbocycles. The van der Waals surface area contributed by atoms with Crippen LogP contribution in [0.25, 0.3) is 0 Å². The summed E-state index contributed by atoms with van der Waals surface area (Å²) in [6.45, 7) is -0.0766. The van der Waals surface area contributed by atoms with Gasteiger partial charge in [0.25, 0.3) is 0 Å². The summed E-state index contributed by atoms with van der Waals surface area (Å²) in [5, 5.41) is 19.8. The average molecular weight is 238 g/mol. The number of aliphatic hydroxyl groups is 1. The number of carboxylic acids is 1. The Kier molecular flexibility index (Phi) is 4.62. The molecule has 6 heteroatoms. The lowest BCUT2D eigenvalue weighted by atomic mass is 10.2. The first-order valence-corrected chi connectivity index (χ1v) is 5.01. The van der Waals surface area contributed by atoms with Gasteiger partial charge in [-0.05, 0) is 17.7 Å². The van der Waals surface area contributed by atoms with Crippen LogP contribution in [0.2, 0.25) is 0 Å². The van der Waals surface area contributed by atoms with E-state index in [4.69, 9.17) is 15.9 Å². The highest BCUT2D eigenvalue weighted by Gasteiger charge is 2.16. The highest BCUT2D eigenvalue weighted by Crippen LogP contribution is 2.09. The molecule has 0 aliphatic heterocycles. The maximum absolute atomic E-state index is 11.5. The van der Waals surface area contributed by atoms with Crippen LogP contribution in [0.15, 0.2) is 24.3 Å². The quantitative estimate of drug-likeness (QED) is 0.573. The number of anilines is 1. The van der Waals surface area contributed by atoms with Gasteiger partial charge >= 0.3 is 5.97 Å². The molecule has 0 fully saturated rings. The van der Waals surface area contributed by atoms with Crippen molar-refractivity contribution in [3.63, 3.8) is 0 Å². The van der Waals surface area contributed by atoms with E-state index < -0.39 is 24.3 Å². The van der Waals surface area contributed by atoms with E-state index in [9.17, 15) is 9.59 Å². The number of rotatable bonds is 5. The highest BCUT2D eigenvalue weighted by atomic mass is 16.4. The van der Waals surface area contributed by atoms with Gasteiger partial charge < -0.3 is 21.3 Å². The smallest absolute Gasteiger partial charge is 0.305 e. The third-order valence-electron chi connectivity index (χ3n) is 2.14. The molecule has 1 amide bonds. The second-order valence-corrected chi connectivity index (χ2v) is 3.55. The largest absolute Gasteiger partial charge is 0.481 e. The molecular formula is C11H14N2O4. The zero-order chi connectivity index (χ0) is 12.8. The van der Waals surface area contributed by atoms with Crippen molar-refractivity contribution in [1.29, 1.82) is 0 Å². The molecule has 1 atom stereocenters. The van der Waals surface area contributed by atoms with E-state index in [1.165, 1.54) is 0 Å². The lowest BCUT2D eigenvalue weighted by molar-refractivity contribution is -0.138. The predicted molar refractivity (Wildman–Crippen MR) is 61.2 cm³/mol. The molecule has 1 unspecified atom stereocenters. The zero-order valence-corrected chi connectivity index (χ0v) is 9.09. The van der Waals surface area contributed by atoms with E-state index in [1.54, 1.807) is 24.3 Å². The number of nitrogens with two attached hydrogens (primary N) is 1.